The van der Waals surface area contributed by atoms with E-state index < -0.39 is 0 Å². The Morgan fingerprint density at radius 1 is 1.42 bits per heavy atom. The van der Waals surface area contributed by atoms with E-state index in [0.29, 0.717) is 0 Å². The normalized spacial score (nSPS) is 10.3. The number of amides is 1. The zero-order chi connectivity index (χ0) is 9.40. The highest BCUT2D eigenvalue weighted by atomic mass is 32.2. The smallest absolute Gasteiger partial charge is 0.222 e. The van der Waals surface area contributed by atoms with Crippen LogP contribution in [0, 0.1) is 5.92 Å². The molecule has 0 aromatic carbocycles. The summed E-state index contributed by atoms with van der Waals surface area (Å²) >= 11 is 1.85. The van der Waals surface area contributed by atoms with Crippen molar-refractivity contribution in [3.05, 3.63) is 0 Å². The summed E-state index contributed by atoms with van der Waals surface area (Å²) in [5.41, 5.74) is 0. The molecule has 1 amide bonds. The summed E-state index contributed by atoms with van der Waals surface area (Å²) in [6.45, 7) is 4.66. The molecule has 0 aliphatic heterocycles. The highest BCUT2D eigenvalue weighted by Gasteiger charge is 2.03. The van der Waals surface area contributed by atoms with Gasteiger partial charge < -0.3 is 5.32 Å². The van der Waals surface area contributed by atoms with Crippen LogP contribution >= 0.6 is 11.8 Å². The molecule has 0 rings (SSSR count). The van der Waals surface area contributed by atoms with Crippen molar-refractivity contribution in [1.29, 1.82) is 0 Å². The SMILES string of the molecule is CSCCCCNC(=O)C(C)C. The fraction of sp³-hybridized carbons (Fsp3) is 0.889. The van der Waals surface area contributed by atoms with Crippen molar-refractivity contribution in [2.24, 2.45) is 5.92 Å². The van der Waals surface area contributed by atoms with E-state index in [2.05, 4.69) is 11.6 Å². The van der Waals surface area contributed by atoms with Crippen LogP contribution in [0.4, 0.5) is 0 Å². The Morgan fingerprint density at radius 2 is 2.08 bits per heavy atom. The predicted octanol–water partition coefficient (Wildman–Crippen LogP) is 1.90. The average molecular weight is 189 g/mol. The molecule has 0 aromatic heterocycles. The van der Waals surface area contributed by atoms with Gasteiger partial charge in [0.1, 0.15) is 0 Å². The molecule has 12 heavy (non-hydrogen) atoms. The number of carbonyl (C=O) groups excluding carboxylic acids is 1. The molecule has 0 unspecified atom stereocenters. The van der Waals surface area contributed by atoms with Crippen LogP contribution in [0.2, 0.25) is 0 Å². The molecule has 3 heteroatoms. The van der Waals surface area contributed by atoms with E-state index in [1.807, 2.05) is 25.6 Å². The maximum atomic E-state index is 11.1. The van der Waals surface area contributed by atoms with Gasteiger partial charge in [0.25, 0.3) is 0 Å². The summed E-state index contributed by atoms with van der Waals surface area (Å²) in [6.07, 6.45) is 4.39. The molecule has 0 aliphatic carbocycles. The molecule has 0 aromatic rings. The van der Waals surface area contributed by atoms with Crippen molar-refractivity contribution in [2.75, 3.05) is 18.6 Å². The fourth-order valence-corrected chi connectivity index (χ4v) is 1.28. The van der Waals surface area contributed by atoms with Gasteiger partial charge in [-0.15, -0.1) is 0 Å². The van der Waals surface area contributed by atoms with Crippen LogP contribution in [0.15, 0.2) is 0 Å². The first kappa shape index (κ1) is 11.8. The van der Waals surface area contributed by atoms with Crippen LogP contribution < -0.4 is 5.32 Å². The summed E-state index contributed by atoms with van der Waals surface area (Å²) < 4.78 is 0. The van der Waals surface area contributed by atoms with Crippen molar-refractivity contribution >= 4 is 17.7 Å². The first-order chi connectivity index (χ1) is 5.68. The van der Waals surface area contributed by atoms with Crippen LogP contribution in [-0.2, 0) is 4.79 Å². The Hall–Kier alpha value is -0.180. The largest absolute Gasteiger partial charge is 0.356 e. The van der Waals surface area contributed by atoms with Crippen molar-refractivity contribution in [1.82, 2.24) is 5.32 Å². The predicted molar refractivity (Wildman–Crippen MR) is 55.5 cm³/mol. The second kappa shape index (κ2) is 7.47. The second-order valence-corrected chi connectivity index (χ2v) is 4.13. The first-order valence-electron chi connectivity index (χ1n) is 4.45. The minimum atomic E-state index is 0.116. The van der Waals surface area contributed by atoms with Crippen LogP contribution in [0.1, 0.15) is 26.7 Å². The van der Waals surface area contributed by atoms with Gasteiger partial charge in [-0.3, -0.25) is 4.79 Å². The Balaban J connectivity index is 3.14. The monoisotopic (exact) mass is 189 g/mol. The second-order valence-electron chi connectivity index (χ2n) is 3.15. The Labute approximate surface area is 79.5 Å². The van der Waals surface area contributed by atoms with Gasteiger partial charge in [0.2, 0.25) is 5.91 Å². The molecule has 72 valence electrons. The standard InChI is InChI=1S/C9H19NOS/c1-8(2)9(11)10-6-4-5-7-12-3/h8H,4-7H2,1-3H3,(H,10,11). The Bertz CT molecular complexity index is 126. The summed E-state index contributed by atoms with van der Waals surface area (Å²) in [5.74, 6) is 1.47. The van der Waals surface area contributed by atoms with Gasteiger partial charge in [0.15, 0.2) is 0 Å². The van der Waals surface area contributed by atoms with Gasteiger partial charge in [-0.1, -0.05) is 13.8 Å². The lowest BCUT2D eigenvalue weighted by molar-refractivity contribution is -0.123. The third-order valence-corrected chi connectivity index (χ3v) is 2.30. The van der Waals surface area contributed by atoms with Gasteiger partial charge in [0.05, 0.1) is 0 Å². The minimum absolute atomic E-state index is 0.116. The highest BCUT2D eigenvalue weighted by molar-refractivity contribution is 7.98. The molecule has 0 spiro atoms. The quantitative estimate of drug-likeness (QED) is 0.647. The molecule has 2 nitrogen and oxygen atoms in total. The van der Waals surface area contributed by atoms with Crippen molar-refractivity contribution in [3.63, 3.8) is 0 Å². The fourth-order valence-electron chi connectivity index (χ4n) is 0.787. The number of rotatable bonds is 6. The van der Waals surface area contributed by atoms with Gasteiger partial charge in [-0.2, -0.15) is 11.8 Å². The van der Waals surface area contributed by atoms with E-state index in [1.165, 1.54) is 12.2 Å². The van der Waals surface area contributed by atoms with Crippen molar-refractivity contribution in [2.45, 2.75) is 26.7 Å². The molecule has 0 saturated carbocycles. The van der Waals surface area contributed by atoms with E-state index in [4.69, 9.17) is 0 Å². The third-order valence-electron chi connectivity index (χ3n) is 1.60. The van der Waals surface area contributed by atoms with Gasteiger partial charge >= 0.3 is 0 Å². The van der Waals surface area contributed by atoms with Crippen molar-refractivity contribution in [3.8, 4) is 0 Å². The molecule has 0 atom stereocenters. The zero-order valence-corrected chi connectivity index (χ0v) is 9.04. The lowest BCUT2D eigenvalue weighted by Gasteiger charge is -2.06. The Kier molecular flexibility index (Phi) is 7.36. The van der Waals surface area contributed by atoms with E-state index in [0.717, 1.165) is 13.0 Å². The number of carbonyl (C=O) groups is 1. The lowest BCUT2D eigenvalue weighted by atomic mass is 10.2. The van der Waals surface area contributed by atoms with Gasteiger partial charge in [-0.25, -0.2) is 0 Å². The molecule has 0 fully saturated rings. The Morgan fingerprint density at radius 3 is 2.58 bits per heavy atom. The lowest BCUT2D eigenvalue weighted by Crippen LogP contribution is -2.28. The maximum absolute atomic E-state index is 11.1. The highest BCUT2D eigenvalue weighted by Crippen LogP contribution is 1.98. The molecular formula is C9H19NOS. The molecular weight excluding hydrogens is 170 g/mol. The number of unbranched alkanes of at least 4 members (excludes halogenated alkanes) is 1. The third kappa shape index (κ3) is 6.53. The van der Waals surface area contributed by atoms with Crippen LogP contribution in [0.3, 0.4) is 0 Å². The molecule has 0 radical (unpaired) electrons. The van der Waals surface area contributed by atoms with E-state index in [1.54, 1.807) is 0 Å². The first-order valence-corrected chi connectivity index (χ1v) is 5.84. The van der Waals surface area contributed by atoms with Gasteiger partial charge in [0, 0.05) is 12.5 Å². The maximum Gasteiger partial charge on any atom is 0.222 e. The van der Waals surface area contributed by atoms with Crippen molar-refractivity contribution < 1.29 is 4.79 Å². The van der Waals surface area contributed by atoms with Crippen LogP contribution in [-0.4, -0.2) is 24.5 Å². The molecule has 0 saturated heterocycles. The van der Waals surface area contributed by atoms with E-state index in [9.17, 15) is 4.79 Å². The summed E-state index contributed by atoms with van der Waals surface area (Å²) in [4.78, 5) is 11.1. The zero-order valence-electron chi connectivity index (χ0n) is 8.22. The average Bonchev–Trinajstić information content (AvgIpc) is 2.03. The summed E-state index contributed by atoms with van der Waals surface area (Å²) in [7, 11) is 0. The van der Waals surface area contributed by atoms with E-state index in [-0.39, 0.29) is 11.8 Å². The topological polar surface area (TPSA) is 29.1 Å². The molecule has 0 bridgehead atoms. The van der Waals surface area contributed by atoms with E-state index >= 15 is 0 Å². The van der Waals surface area contributed by atoms with Crippen LogP contribution in [0.5, 0.6) is 0 Å². The number of hydrogen-bond acceptors (Lipinski definition) is 2. The number of thioether (sulfide) groups is 1. The van der Waals surface area contributed by atoms with Crippen LogP contribution in [0.25, 0.3) is 0 Å². The summed E-state index contributed by atoms with van der Waals surface area (Å²) in [5, 5.41) is 2.89. The molecule has 0 heterocycles. The molecule has 0 aliphatic rings. The van der Waals surface area contributed by atoms with Gasteiger partial charge in [-0.05, 0) is 24.9 Å². The molecule has 1 N–H and O–H groups in total. The number of hydrogen-bond donors (Lipinski definition) is 1. The number of nitrogens with one attached hydrogen (secondary N) is 1. The minimum Gasteiger partial charge on any atom is -0.356 e. The summed E-state index contributed by atoms with van der Waals surface area (Å²) in [6, 6.07) is 0.